The van der Waals surface area contributed by atoms with Gasteiger partial charge in [-0.25, -0.2) is 0 Å². The molecule has 0 radical (unpaired) electrons. The molecule has 0 atom stereocenters. The van der Waals surface area contributed by atoms with E-state index in [-0.39, 0.29) is 5.78 Å². The molecule has 1 rings (SSSR count). The minimum atomic E-state index is 0.242. The van der Waals surface area contributed by atoms with E-state index in [0.29, 0.717) is 6.42 Å². The van der Waals surface area contributed by atoms with Crippen LogP contribution in [0, 0.1) is 0 Å². The van der Waals surface area contributed by atoms with E-state index in [4.69, 9.17) is 0 Å². The quantitative estimate of drug-likeness (QED) is 0.705. The van der Waals surface area contributed by atoms with Crippen molar-refractivity contribution in [3.63, 3.8) is 0 Å². The largest absolute Gasteiger partial charge is 0.300 e. The molecule has 0 saturated heterocycles. The fourth-order valence-electron chi connectivity index (χ4n) is 1.34. The Hall–Kier alpha value is -1.18. The monoisotopic (exact) mass is 177 g/mol. The number of nitrogens with zero attached hydrogens (tertiary/aromatic N) is 1. The molecule has 0 fully saturated rings. The van der Waals surface area contributed by atoms with Crippen LogP contribution in [0.2, 0.25) is 0 Å². The van der Waals surface area contributed by atoms with Gasteiger partial charge in [0.25, 0.3) is 0 Å². The number of hydrogen-bond donors (Lipinski definition) is 0. The normalized spacial score (nSPS) is 10.0. The Morgan fingerprint density at radius 1 is 1.46 bits per heavy atom. The number of carbonyl (C=O) groups is 1. The highest BCUT2D eigenvalue weighted by Gasteiger charge is 2.01. The zero-order chi connectivity index (χ0) is 9.68. The van der Waals surface area contributed by atoms with E-state index < -0.39 is 0 Å². The van der Waals surface area contributed by atoms with Gasteiger partial charge in [0, 0.05) is 18.8 Å². The van der Waals surface area contributed by atoms with Crippen LogP contribution in [0.15, 0.2) is 18.5 Å². The van der Waals surface area contributed by atoms with Crippen LogP contribution in [0.3, 0.4) is 0 Å². The van der Waals surface area contributed by atoms with Gasteiger partial charge < -0.3 is 4.79 Å². The lowest BCUT2D eigenvalue weighted by Gasteiger charge is -2.04. The molecule has 1 aromatic rings. The molecule has 0 N–H and O–H groups in total. The highest BCUT2D eigenvalue weighted by atomic mass is 16.1. The van der Waals surface area contributed by atoms with Gasteiger partial charge in [-0.15, -0.1) is 0 Å². The summed E-state index contributed by atoms with van der Waals surface area (Å²) >= 11 is 0. The topological polar surface area (TPSA) is 30.0 Å². The maximum absolute atomic E-state index is 10.8. The molecule has 0 amide bonds. The lowest BCUT2D eigenvalue weighted by molar-refractivity contribution is -0.116. The van der Waals surface area contributed by atoms with E-state index in [0.717, 1.165) is 12.8 Å². The van der Waals surface area contributed by atoms with Crippen molar-refractivity contribution in [1.29, 1.82) is 0 Å². The first-order valence-electron chi connectivity index (χ1n) is 4.65. The molecule has 0 aliphatic rings. The number of rotatable bonds is 4. The van der Waals surface area contributed by atoms with Gasteiger partial charge in [0.2, 0.25) is 0 Å². The van der Waals surface area contributed by atoms with Gasteiger partial charge in [-0.05, 0) is 37.0 Å². The van der Waals surface area contributed by atoms with Crippen molar-refractivity contribution >= 4 is 5.78 Å². The van der Waals surface area contributed by atoms with Crippen LogP contribution in [0.5, 0.6) is 0 Å². The van der Waals surface area contributed by atoms with Gasteiger partial charge in [0.1, 0.15) is 5.78 Å². The van der Waals surface area contributed by atoms with Crippen molar-refractivity contribution in [2.24, 2.45) is 0 Å². The molecule has 0 bridgehead atoms. The highest BCUT2D eigenvalue weighted by Crippen LogP contribution is 2.09. The number of ketones is 1. The first-order chi connectivity index (χ1) is 6.24. The zero-order valence-corrected chi connectivity index (χ0v) is 8.21. The van der Waals surface area contributed by atoms with Crippen molar-refractivity contribution in [3.8, 4) is 0 Å². The molecule has 0 aliphatic heterocycles. The van der Waals surface area contributed by atoms with Crippen LogP contribution in [-0.2, 0) is 17.6 Å². The van der Waals surface area contributed by atoms with Gasteiger partial charge >= 0.3 is 0 Å². The fourth-order valence-corrected chi connectivity index (χ4v) is 1.34. The number of carbonyl (C=O) groups excluding carboxylic acids is 1. The Kier molecular flexibility index (Phi) is 3.62. The van der Waals surface area contributed by atoms with E-state index >= 15 is 0 Å². The van der Waals surface area contributed by atoms with Crippen LogP contribution in [0.4, 0.5) is 0 Å². The third kappa shape index (κ3) is 2.98. The third-order valence-corrected chi connectivity index (χ3v) is 2.13. The summed E-state index contributed by atoms with van der Waals surface area (Å²) in [4.78, 5) is 14.9. The lowest BCUT2D eigenvalue weighted by atomic mass is 10.0. The van der Waals surface area contributed by atoms with E-state index in [9.17, 15) is 4.79 Å². The summed E-state index contributed by atoms with van der Waals surface area (Å²) in [6, 6.07) is 2.02. The van der Waals surface area contributed by atoms with Crippen molar-refractivity contribution in [2.75, 3.05) is 0 Å². The van der Waals surface area contributed by atoms with E-state index in [1.54, 1.807) is 13.1 Å². The minimum absolute atomic E-state index is 0.242. The molecule has 1 heterocycles. The number of aryl methyl sites for hydroxylation is 2. The molecule has 0 aromatic carbocycles. The second-order valence-corrected chi connectivity index (χ2v) is 3.20. The van der Waals surface area contributed by atoms with Gasteiger partial charge in [-0.2, -0.15) is 0 Å². The van der Waals surface area contributed by atoms with Crippen LogP contribution in [0.1, 0.15) is 31.4 Å². The second kappa shape index (κ2) is 4.75. The molecule has 13 heavy (non-hydrogen) atoms. The molecule has 70 valence electrons. The molecule has 0 unspecified atom stereocenters. The summed E-state index contributed by atoms with van der Waals surface area (Å²) in [6.45, 7) is 3.74. The Morgan fingerprint density at radius 2 is 2.23 bits per heavy atom. The van der Waals surface area contributed by atoms with Gasteiger partial charge in [0.05, 0.1) is 0 Å². The molecule has 0 saturated carbocycles. The van der Waals surface area contributed by atoms with E-state index in [1.807, 2.05) is 12.3 Å². The zero-order valence-electron chi connectivity index (χ0n) is 8.21. The number of hydrogen-bond acceptors (Lipinski definition) is 2. The SMILES string of the molecule is CCc1ccncc1CCC(C)=O. The number of aromatic nitrogens is 1. The summed E-state index contributed by atoms with van der Waals surface area (Å²) < 4.78 is 0. The Labute approximate surface area is 79.0 Å². The van der Waals surface area contributed by atoms with Crippen LogP contribution in [0.25, 0.3) is 0 Å². The minimum Gasteiger partial charge on any atom is -0.300 e. The predicted octanol–water partition coefficient (Wildman–Crippen LogP) is 2.17. The van der Waals surface area contributed by atoms with Crippen molar-refractivity contribution in [3.05, 3.63) is 29.6 Å². The maximum Gasteiger partial charge on any atom is 0.130 e. The van der Waals surface area contributed by atoms with Crippen LogP contribution >= 0.6 is 0 Å². The van der Waals surface area contributed by atoms with Gasteiger partial charge in [-0.3, -0.25) is 4.98 Å². The first-order valence-corrected chi connectivity index (χ1v) is 4.65. The third-order valence-electron chi connectivity index (χ3n) is 2.13. The van der Waals surface area contributed by atoms with Crippen LogP contribution < -0.4 is 0 Å². The molecule has 0 aliphatic carbocycles. The van der Waals surface area contributed by atoms with Gasteiger partial charge in [-0.1, -0.05) is 6.92 Å². The summed E-state index contributed by atoms with van der Waals surface area (Å²) in [5.74, 6) is 0.242. The van der Waals surface area contributed by atoms with Crippen molar-refractivity contribution in [1.82, 2.24) is 4.98 Å². The smallest absolute Gasteiger partial charge is 0.130 e. The molecule has 2 heteroatoms. The molecular weight excluding hydrogens is 162 g/mol. The fraction of sp³-hybridized carbons (Fsp3) is 0.455. The van der Waals surface area contributed by atoms with Crippen LogP contribution in [-0.4, -0.2) is 10.8 Å². The molecule has 0 spiro atoms. The first kappa shape index (κ1) is 9.90. The van der Waals surface area contributed by atoms with Crippen molar-refractivity contribution in [2.45, 2.75) is 33.1 Å². The van der Waals surface area contributed by atoms with E-state index in [1.165, 1.54) is 11.1 Å². The summed E-state index contributed by atoms with van der Waals surface area (Å²) in [6.07, 6.45) is 6.12. The van der Waals surface area contributed by atoms with Gasteiger partial charge in [0.15, 0.2) is 0 Å². The lowest BCUT2D eigenvalue weighted by Crippen LogP contribution is -1.98. The Balaban J connectivity index is 2.69. The molecule has 2 nitrogen and oxygen atoms in total. The second-order valence-electron chi connectivity index (χ2n) is 3.20. The maximum atomic E-state index is 10.8. The Morgan fingerprint density at radius 3 is 2.85 bits per heavy atom. The summed E-state index contributed by atoms with van der Waals surface area (Å²) in [7, 11) is 0. The summed E-state index contributed by atoms with van der Waals surface area (Å²) in [5.41, 5.74) is 2.51. The van der Waals surface area contributed by atoms with Crippen molar-refractivity contribution < 1.29 is 4.79 Å². The Bertz CT molecular complexity index is 294. The number of pyridine rings is 1. The van der Waals surface area contributed by atoms with E-state index in [2.05, 4.69) is 11.9 Å². The standard InChI is InChI=1S/C11H15NO/c1-3-10-6-7-12-8-11(10)5-4-9(2)13/h6-8H,3-5H2,1-2H3. The average molecular weight is 177 g/mol. The average Bonchev–Trinajstić information content (AvgIpc) is 2.15. The predicted molar refractivity (Wildman–Crippen MR) is 52.6 cm³/mol. The summed E-state index contributed by atoms with van der Waals surface area (Å²) in [5, 5.41) is 0. The molecular formula is C11H15NO. The number of Topliss-reactive ketones (excluding diaryl/α,β-unsaturated/α-hetero) is 1. The molecule has 1 aromatic heterocycles. The highest BCUT2D eigenvalue weighted by molar-refractivity contribution is 5.75.